The van der Waals surface area contributed by atoms with Crippen LogP contribution in [-0.2, 0) is 27.2 Å². The molecule has 3 aromatic heterocycles. The molecule has 9 rings (SSSR count). The quantitative estimate of drug-likeness (QED) is 0.185. The minimum atomic E-state index is -2.65. The number of piperazine rings is 1. The Morgan fingerprint density at radius 1 is 1.03 bits per heavy atom. The first kappa shape index (κ1) is 38.3. The van der Waals surface area contributed by atoms with Crippen LogP contribution in [0, 0.1) is 17.3 Å². The number of pyridine rings is 1. The number of aromatic nitrogens is 4. The highest BCUT2D eigenvalue weighted by molar-refractivity contribution is 6.03. The number of anilines is 2. The van der Waals surface area contributed by atoms with Gasteiger partial charge in [-0.15, -0.1) is 0 Å². The molecule has 4 atom stereocenters. The van der Waals surface area contributed by atoms with E-state index in [1.807, 2.05) is 44.3 Å². The Balaban J connectivity index is 0.734. The summed E-state index contributed by atoms with van der Waals surface area (Å²) in [5.41, 5.74) is 4.99. The van der Waals surface area contributed by atoms with Crippen LogP contribution in [0.1, 0.15) is 61.3 Å². The molecule has 4 unspecified atom stereocenters. The molecule has 6 heterocycles. The number of aromatic amines is 2. The Labute approximate surface area is 335 Å². The lowest BCUT2D eigenvalue weighted by Gasteiger charge is -2.41. The van der Waals surface area contributed by atoms with Crippen molar-refractivity contribution in [2.75, 3.05) is 62.7 Å². The Morgan fingerprint density at radius 3 is 2.53 bits per heavy atom. The molecule has 1 aromatic carbocycles. The third-order valence-corrected chi connectivity index (χ3v) is 13.7. The molecule has 4 amide bonds. The fourth-order valence-corrected chi connectivity index (χ4v) is 9.69. The number of hydrogen-bond acceptors (Lipinski definition) is 9. The maximum atomic E-state index is 14.5. The molecule has 2 aliphatic carbocycles. The van der Waals surface area contributed by atoms with Crippen molar-refractivity contribution in [1.82, 2.24) is 40.6 Å². The smallest absolute Gasteiger partial charge is 0.270 e. The zero-order chi connectivity index (χ0) is 40.5. The van der Waals surface area contributed by atoms with Crippen LogP contribution in [0.25, 0.3) is 22.3 Å². The molecule has 4 aromatic rings. The molecule has 4 N–H and O–H groups in total. The van der Waals surface area contributed by atoms with E-state index in [-0.39, 0.29) is 36.4 Å². The molecule has 1 saturated carbocycles. The predicted octanol–water partition coefficient (Wildman–Crippen LogP) is 3.74. The van der Waals surface area contributed by atoms with Crippen LogP contribution >= 0.6 is 0 Å². The standard InChI is InChI=1S/C42H50F2N10O4/c1-24(40(58)51(3)27-5-4-26-18-33(46-32(26)19-27)37-29-20-35-41(2,42(35,43)44)21-34(29)49-50-37)53-16-14-52(15-17-53)23-25-10-12-54(13-11-25)28-6-7-30(45-22-28)38(56)47-31-8-9-36(55)48-39(31)57/h4-7,18-19,22,24-25,31,35,46H,8-17,20-21,23H2,1-3H3,(H,47,56)(H,49,50)(H,48,55,57). The number of H-pyrrole nitrogens is 2. The van der Waals surface area contributed by atoms with E-state index < -0.39 is 35.1 Å². The van der Waals surface area contributed by atoms with Gasteiger partial charge in [-0.3, -0.25) is 34.5 Å². The van der Waals surface area contributed by atoms with Gasteiger partial charge >= 0.3 is 0 Å². The van der Waals surface area contributed by atoms with Crippen LogP contribution < -0.4 is 20.4 Å². The number of likely N-dealkylation sites (N-methyl/N-ethyl adjacent to an activating group) is 1. The van der Waals surface area contributed by atoms with Crippen LogP contribution in [-0.4, -0.2) is 124 Å². The molecule has 16 heteroatoms. The highest BCUT2D eigenvalue weighted by Crippen LogP contribution is 2.70. The number of nitrogens with one attached hydrogen (secondary N) is 4. The predicted molar refractivity (Wildman–Crippen MR) is 214 cm³/mol. The van der Waals surface area contributed by atoms with E-state index in [1.165, 1.54) is 0 Å². The van der Waals surface area contributed by atoms with Crippen LogP contribution in [0.4, 0.5) is 20.2 Å². The van der Waals surface area contributed by atoms with Crippen molar-refractivity contribution in [1.29, 1.82) is 0 Å². The Hall–Kier alpha value is -5.22. The van der Waals surface area contributed by atoms with Gasteiger partial charge in [0.1, 0.15) is 17.4 Å². The molecular formula is C42H50F2N10O4. The third-order valence-electron chi connectivity index (χ3n) is 13.7. The lowest BCUT2D eigenvalue weighted by Crippen LogP contribution is -2.55. The molecule has 0 radical (unpaired) electrons. The normalized spacial score (nSPS) is 25.5. The van der Waals surface area contributed by atoms with Gasteiger partial charge in [-0.1, -0.05) is 13.0 Å². The molecular weight excluding hydrogens is 747 g/mol. The van der Waals surface area contributed by atoms with Crippen LogP contribution in [0.3, 0.4) is 0 Å². The molecule has 3 aliphatic heterocycles. The van der Waals surface area contributed by atoms with Crippen molar-refractivity contribution in [3.05, 3.63) is 59.5 Å². The summed E-state index contributed by atoms with van der Waals surface area (Å²) in [5, 5.41) is 13.4. The summed E-state index contributed by atoms with van der Waals surface area (Å²) in [7, 11) is 1.81. The second-order valence-corrected chi connectivity index (χ2v) is 17.2. The van der Waals surface area contributed by atoms with Gasteiger partial charge in [0.2, 0.25) is 17.7 Å². The fraction of sp³-hybridized carbons (Fsp3) is 0.524. The number of nitrogens with zero attached hydrogens (tertiary/aromatic N) is 6. The van der Waals surface area contributed by atoms with E-state index in [0.717, 1.165) is 97.9 Å². The first-order valence-electron chi connectivity index (χ1n) is 20.5. The van der Waals surface area contributed by atoms with Gasteiger partial charge in [0.15, 0.2) is 0 Å². The number of carbonyl (C=O) groups excluding carboxylic acids is 4. The second kappa shape index (κ2) is 14.6. The summed E-state index contributed by atoms with van der Waals surface area (Å²) in [4.78, 5) is 66.4. The summed E-state index contributed by atoms with van der Waals surface area (Å²) in [6.45, 7) is 9.90. The number of amides is 4. The van der Waals surface area contributed by atoms with Crippen molar-refractivity contribution in [3.8, 4) is 11.4 Å². The molecule has 5 aliphatic rings. The number of carbonyl (C=O) groups is 4. The van der Waals surface area contributed by atoms with E-state index in [1.54, 1.807) is 24.1 Å². The summed E-state index contributed by atoms with van der Waals surface area (Å²) >= 11 is 0. The summed E-state index contributed by atoms with van der Waals surface area (Å²) in [5.74, 6) is -3.96. The minimum Gasteiger partial charge on any atom is -0.370 e. The highest BCUT2D eigenvalue weighted by atomic mass is 19.3. The van der Waals surface area contributed by atoms with Crippen molar-refractivity contribution in [2.24, 2.45) is 17.3 Å². The Morgan fingerprint density at radius 2 is 1.81 bits per heavy atom. The van der Waals surface area contributed by atoms with Gasteiger partial charge in [0.05, 0.1) is 23.6 Å². The van der Waals surface area contributed by atoms with E-state index in [2.05, 4.69) is 45.5 Å². The van der Waals surface area contributed by atoms with Crippen molar-refractivity contribution in [2.45, 2.75) is 70.4 Å². The largest absolute Gasteiger partial charge is 0.370 e. The van der Waals surface area contributed by atoms with E-state index in [0.29, 0.717) is 24.5 Å². The molecule has 3 saturated heterocycles. The van der Waals surface area contributed by atoms with Gasteiger partial charge in [-0.25, -0.2) is 13.8 Å². The number of imide groups is 1. The number of fused-ring (bicyclic) bond motifs is 3. The van der Waals surface area contributed by atoms with Crippen LogP contribution in [0.15, 0.2) is 42.6 Å². The molecule has 4 fully saturated rings. The average molecular weight is 797 g/mol. The lowest BCUT2D eigenvalue weighted by molar-refractivity contribution is -0.134. The molecule has 0 bridgehead atoms. The van der Waals surface area contributed by atoms with E-state index in [4.69, 9.17) is 0 Å². The monoisotopic (exact) mass is 796 g/mol. The fourth-order valence-electron chi connectivity index (χ4n) is 9.69. The number of halogens is 2. The number of piperidine rings is 2. The summed E-state index contributed by atoms with van der Waals surface area (Å²) in [6.07, 6.45) is 4.89. The van der Waals surface area contributed by atoms with Crippen molar-refractivity contribution >= 4 is 45.9 Å². The topological polar surface area (TPSA) is 163 Å². The number of hydrogen-bond donors (Lipinski definition) is 4. The van der Waals surface area contributed by atoms with Crippen molar-refractivity contribution in [3.63, 3.8) is 0 Å². The molecule has 58 heavy (non-hydrogen) atoms. The summed E-state index contributed by atoms with van der Waals surface area (Å²) < 4.78 is 29.1. The number of alkyl halides is 2. The summed E-state index contributed by atoms with van der Waals surface area (Å²) in [6, 6.07) is 10.4. The maximum Gasteiger partial charge on any atom is 0.270 e. The SMILES string of the molecule is CC(C(=O)N(C)c1ccc2cc(-c3n[nH]c4c3CC3C(F)(F)C3(C)C4)[nH]c2c1)N1CCN(CC2CCN(c3ccc(C(=O)NC4CCC(=O)NC4=O)nc3)CC2)CC1. The third kappa shape index (κ3) is 6.83. The highest BCUT2D eigenvalue weighted by Gasteiger charge is 2.78. The van der Waals surface area contributed by atoms with Crippen LogP contribution in [0.2, 0.25) is 0 Å². The number of rotatable bonds is 9. The van der Waals surface area contributed by atoms with E-state index in [9.17, 15) is 28.0 Å². The Kier molecular flexibility index (Phi) is 9.61. The molecule has 306 valence electrons. The second-order valence-electron chi connectivity index (χ2n) is 17.2. The first-order chi connectivity index (χ1) is 27.8. The molecule has 0 spiro atoms. The van der Waals surface area contributed by atoms with Gasteiger partial charge < -0.3 is 25.0 Å². The van der Waals surface area contributed by atoms with Gasteiger partial charge in [-0.2, -0.15) is 5.10 Å². The zero-order valence-corrected chi connectivity index (χ0v) is 33.1. The van der Waals surface area contributed by atoms with Crippen molar-refractivity contribution < 1.29 is 28.0 Å². The van der Waals surface area contributed by atoms with E-state index >= 15 is 0 Å². The van der Waals surface area contributed by atoms with Crippen LogP contribution in [0.5, 0.6) is 0 Å². The minimum absolute atomic E-state index is 0.0270. The Bertz CT molecular complexity index is 2260. The molecule has 14 nitrogen and oxygen atoms in total. The first-order valence-corrected chi connectivity index (χ1v) is 20.5. The lowest BCUT2D eigenvalue weighted by atomic mass is 9.87. The van der Waals surface area contributed by atoms with Gasteiger partial charge in [0.25, 0.3) is 11.8 Å². The van der Waals surface area contributed by atoms with Gasteiger partial charge in [-0.05, 0) is 68.9 Å². The average Bonchev–Trinajstić information content (AvgIpc) is 3.61. The zero-order valence-electron chi connectivity index (χ0n) is 33.1. The number of benzene rings is 1. The maximum absolute atomic E-state index is 14.5. The van der Waals surface area contributed by atoms with Gasteiger partial charge in [0, 0.05) is 105 Å².